The SMILES string of the molecule is CC(C)C[C@H]1C2[C@@H](C(=O)NC(C)(C)C)N3CCC[C@@H]3C(=O)NCC(=O)NCC(=O)NCC(=O)N21. The van der Waals surface area contributed by atoms with Gasteiger partial charge in [-0.25, -0.2) is 0 Å². The Kier molecular flexibility index (Phi) is 7.84. The summed E-state index contributed by atoms with van der Waals surface area (Å²) in [5, 5.41) is 10.7. The van der Waals surface area contributed by atoms with Crippen molar-refractivity contribution in [1.29, 1.82) is 0 Å². The maximum absolute atomic E-state index is 13.6. The van der Waals surface area contributed by atoms with Gasteiger partial charge in [-0.3, -0.25) is 28.9 Å². The van der Waals surface area contributed by atoms with Crippen LogP contribution in [0, 0.1) is 5.92 Å². The van der Waals surface area contributed by atoms with Gasteiger partial charge in [0.05, 0.1) is 37.8 Å². The molecule has 0 bridgehead atoms. The molecule has 0 aromatic rings. The summed E-state index contributed by atoms with van der Waals surface area (Å²) in [4.78, 5) is 67.4. The molecule has 4 atom stereocenters. The van der Waals surface area contributed by atoms with Crippen LogP contribution in [0.4, 0.5) is 0 Å². The lowest BCUT2D eigenvalue weighted by Gasteiger charge is -2.34. The molecule has 3 saturated heterocycles. The molecule has 4 N–H and O–H groups in total. The molecule has 0 aromatic heterocycles. The lowest BCUT2D eigenvalue weighted by molar-refractivity contribution is -0.134. The molecular formula is C23H38N6O5. The van der Waals surface area contributed by atoms with Gasteiger partial charge in [0.15, 0.2) is 0 Å². The predicted molar refractivity (Wildman–Crippen MR) is 124 cm³/mol. The van der Waals surface area contributed by atoms with Crippen LogP contribution in [-0.2, 0) is 24.0 Å². The number of rotatable bonds is 3. The molecule has 0 aliphatic carbocycles. The summed E-state index contributed by atoms with van der Waals surface area (Å²) in [6.07, 6.45) is 2.00. The fourth-order valence-corrected chi connectivity index (χ4v) is 4.95. The standard InChI is InChI=1S/C23H38N6O5/c1-13(2)9-15-19-20(22(34)27-23(3,4)5)28-8-6-7-14(28)21(33)26-11-17(31)24-10-16(30)25-12-18(32)29(15)19/h13-15,19-20H,6-12H2,1-5H3,(H,24,31)(H,25,30)(H,26,33)(H,27,34)/t14-,15+,19?,20+,29?/m1/s1. The zero-order valence-corrected chi connectivity index (χ0v) is 20.8. The van der Waals surface area contributed by atoms with Gasteiger partial charge >= 0.3 is 0 Å². The maximum atomic E-state index is 13.6. The summed E-state index contributed by atoms with van der Waals surface area (Å²) in [5.74, 6) is -1.54. The molecule has 11 heteroatoms. The van der Waals surface area contributed by atoms with Crippen molar-refractivity contribution in [1.82, 2.24) is 31.1 Å². The Morgan fingerprint density at radius 1 is 1.03 bits per heavy atom. The van der Waals surface area contributed by atoms with Gasteiger partial charge in [0.2, 0.25) is 29.5 Å². The third kappa shape index (κ3) is 6.25. The van der Waals surface area contributed by atoms with Crippen molar-refractivity contribution in [3.63, 3.8) is 0 Å². The number of carbonyl (C=O) groups is 5. The number of hydrogen-bond donors (Lipinski definition) is 4. The first-order valence-electron chi connectivity index (χ1n) is 12.1. The van der Waals surface area contributed by atoms with Gasteiger partial charge in [0.25, 0.3) is 0 Å². The van der Waals surface area contributed by atoms with Crippen molar-refractivity contribution in [2.45, 2.75) is 83.6 Å². The lowest BCUT2D eigenvalue weighted by atomic mass is 9.99. The summed E-state index contributed by atoms with van der Waals surface area (Å²) < 4.78 is 0. The van der Waals surface area contributed by atoms with Crippen molar-refractivity contribution in [2.24, 2.45) is 5.92 Å². The van der Waals surface area contributed by atoms with E-state index in [9.17, 15) is 24.0 Å². The molecule has 3 fully saturated rings. The molecule has 0 aromatic carbocycles. The number of nitrogens with zero attached hydrogens (tertiary/aromatic N) is 2. The second-order valence-corrected chi connectivity index (χ2v) is 10.8. The molecular weight excluding hydrogens is 440 g/mol. The first-order valence-corrected chi connectivity index (χ1v) is 12.1. The Labute approximate surface area is 200 Å². The van der Waals surface area contributed by atoms with Crippen LogP contribution in [0.15, 0.2) is 0 Å². The number of nitrogens with one attached hydrogen (secondary N) is 4. The molecule has 0 saturated carbocycles. The third-order valence-corrected chi connectivity index (χ3v) is 6.33. The molecule has 0 radical (unpaired) electrons. The van der Waals surface area contributed by atoms with E-state index in [-0.39, 0.29) is 43.4 Å². The Bertz CT molecular complexity index is 838. The normalized spacial score (nSPS) is 29.3. The van der Waals surface area contributed by atoms with Crippen molar-refractivity contribution in [3.8, 4) is 0 Å². The quantitative estimate of drug-likeness (QED) is 0.373. The Morgan fingerprint density at radius 3 is 2.26 bits per heavy atom. The molecule has 3 aliphatic rings. The minimum Gasteiger partial charge on any atom is -0.350 e. The second kappa shape index (κ2) is 10.3. The average Bonchev–Trinajstić information content (AvgIpc) is 3.17. The number of fused-ring (bicyclic) bond motifs is 2. The van der Waals surface area contributed by atoms with E-state index in [1.807, 2.05) is 25.7 Å². The zero-order valence-electron chi connectivity index (χ0n) is 20.8. The lowest BCUT2D eigenvalue weighted by Crippen LogP contribution is -2.59. The molecule has 190 valence electrons. The molecule has 0 spiro atoms. The Morgan fingerprint density at radius 2 is 1.65 bits per heavy atom. The molecule has 11 nitrogen and oxygen atoms in total. The highest BCUT2D eigenvalue weighted by molar-refractivity contribution is 5.93. The van der Waals surface area contributed by atoms with Crippen LogP contribution < -0.4 is 21.3 Å². The van der Waals surface area contributed by atoms with Crippen LogP contribution in [0.3, 0.4) is 0 Å². The number of hydrogen-bond acceptors (Lipinski definition) is 6. The van der Waals surface area contributed by atoms with Crippen LogP contribution in [-0.4, -0.2) is 95.2 Å². The van der Waals surface area contributed by atoms with Crippen LogP contribution in [0.25, 0.3) is 0 Å². The first-order chi connectivity index (χ1) is 15.9. The van der Waals surface area contributed by atoms with Gasteiger partial charge in [0.1, 0.15) is 6.04 Å². The van der Waals surface area contributed by atoms with E-state index in [0.29, 0.717) is 25.3 Å². The van der Waals surface area contributed by atoms with Gasteiger partial charge < -0.3 is 26.2 Å². The van der Waals surface area contributed by atoms with E-state index in [4.69, 9.17) is 0 Å². The van der Waals surface area contributed by atoms with Gasteiger partial charge in [-0.2, -0.15) is 0 Å². The molecule has 3 aliphatic heterocycles. The van der Waals surface area contributed by atoms with E-state index in [2.05, 4.69) is 35.1 Å². The van der Waals surface area contributed by atoms with E-state index < -0.39 is 35.5 Å². The van der Waals surface area contributed by atoms with E-state index in [1.165, 1.54) is 0 Å². The fraction of sp³-hybridized carbons (Fsp3) is 0.783. The van der Waals surface area contributed by atoms with Crippen molar-refractivity contribution in [3.05, 3.63) is 0 Å². The van der Waals surface area contributed by atoms with E-state index in [1.54, 1.807) is 4.90 Å². The third-order valence-electron chi connectivity index (χ3n) is 6.33. The monoisotopic (exact) mass is 478 g/mol. The van der Waals surface area contributed by atoms with Crippen LogP contribution in [0.2, 0.25) is 0 Å². The highest BCUT2D eigenvalue weighted by Crippen LogP contribution is 2.40. The van der Waals surface area contributed by atoms with Gasteiger partial charge in [-0.1, -0.05) is 13.8 Å². The summed E-state index contributed by atoms with van der Waals surface area (Å²) in [5.41, 5.74) is -0.491. The smallest absolute Gasteiger partial charge is 0.242 e. The highest BCUT2D eigenvalue weighted by atomic mass is 16.2. The molecule has 5 amide bonds. The summed E-state index contributed by atoms with van der Waals surface area (Å²) in [7, 11) is 0. The first kappa shape index (κ1) is 25.9. The molecule has 3 heterocycles. The predicted octanol–water partition coefficient (Wildman–Crippen LogP) is -1.28. The van der Waals surface area contributed by atoms with Crippen molar-refractivity contribution < 1.29 is 24.0 Å². The Hall–Kier alpha value is -2.69. The average molecular weight is 479 g/mol. The molecule has 1 unspecified atom stereocenters. The number of amides is 5. The largest absolute Gasteiger partial charge is 0.350 e. The zero-order chi connectivity index (χ0) is 25.2. The van der Waals surface area contributed by atoms with Crippen LogP contribution in [0.1, 0.15) is 53.9 Å². The van der Waals surface area contributed by atoms with Gasteiger partial charge in [-0.15, -0.1) is 0 Å². The minimum atomic E-state index is -0.708. The van der Waals surface area contributed by atoms with E-state index >= 15 is 0 Å². The van der Waals surface area contributed by atoms with Crippen LogP contribution in [0.5, 0.6) is 0 Å². The summed E-state index contributed by atoms with van der Waals surface area (Å²) in [6, 6.07) is -1.84. The van der Waals surface area contributed by atoms with Gasteiger partial charge in [0, 0.05) is 5.54 Å². The van der Waals surface area contributed by atoms with Crippen molar-refractivity contribution in [2.75, 3.05) is 26.2 Å². The van der Waals surface area contributed by atoms with Crippen molar-refractivity contribution >= 4 is 29.5 Å². The number of carbonyl (C=O) groups excluding carboxylic acids is 5. The highest BCUT2D eigenvalue weighted by Gasteiger charge is 2.59. The summed E-state index contributed by atoms with van der Waals surface area (Å²) in [6.45, 7) is 9.57. The topological polar surface area (TPSA) is 140 Å². The maximum Gasteiger partial charge on any atom is 0.242 e. The molecule has 3 rings (SSSR count). The van der Waals surface area contributed by atoms with E-state index in [0.717, 1.165) is 6.42 Å². The Balaban J connectivity index is 1.96. The second-order valence-electron chi connectivity index (χ2n) is 10.8. The molecule has 34 heavy (non-hydrogen) atoms. The minimum absolute atomic E-state index is 0.156. The van der Waals surface area contributed by atoms with Gasteiger partial charge in [-0.05, 0) is 52.5 Å². The fourth-order valence-electron chi connectivity index (χ4n) is 4.95. The van der Waals surface area contributed by atoms with Crippen LogP contribution >= 0.6 is 0 Å². The summed E-state index contributed by atoms with van der Waals surface area (Å²) >= 11 is 0.